The summed E-state index contributed by atoms with van der Waals surface area (Å²) in [7, 11) is -3.36. The number of alkyl halides is 3. The number of ether oxygens (including phenoxy) is 1. The number of methoxy groups -OCH3 is 1. The van der Waals surface area contributed by atoms with Crippen LogP contribution in [-0.4, -0.2) is 21.5 Å². The molecule has 0 atom stereocenters. The molecule has 0 N–H and O–H groups in total. The summed E-state index contributed by atoms with van der Waals surface area (Å²) in [5.41, 5.74) is -0.629. The van der Waals surface area contributed by atoms with Gasteiger partial charge in [-0.3, -0.25) is 4.79 Å². The van der Waals surface area contributed by atoms with Gasteiger partial charge in [0.15, 0.2) is 0 Å². The minimum absolute atomic E-state index is 0.0248. The van der Waals surface area contributed by atoms with Crippen molar-refractivity contribution in [1.82, 2.24) is 0 Å². The first-order chi connectivity index (χ1) is 12.0. The summed E-state index contributed by atoms with van der Waals surface area (Å²) in [5, 5.41) is -0.402. The summed E-state index contributed by atoms with van der Waals surface area (Å²) in [5.74, 6) is -0.630. The SMILES string of the molecule is COC(=O)Cc1ccc(OS(=O)(=O)c2cc(C(F)(F)F)ccc2Cl)cc1. The second-order valence-electron chi connectivity index (χ2n) is 5.08. The molecule has 0 unspecified atom stereocenters. The molecule has 5 nitrogen and oxygen atoms in total. The molecule has 2 aromatic carbocycles. The zero-order chi connectivity index (χ0) is 19.5. The lowest BCUT2D eigenvalue weighted by Crippen LogP contribution is -2.13. The maximum absolute atomic E-state index is 12.8. The molecule has 0 saturated heterocycles. The fraction of sp³-hybridized carbons (Fsp3) is 0.188. The van der Waals surface area contributed by atoms with E-state index in [9.17, 15) is 26.4 Å². The van der Waals surface area contributed by atoms with Gasteiger partial charge in [-0.25, -0.2) is 0 Å². The Morgan fingerprint density at radius 1 is 1.12 bits per heavy atom. The molecule has 0 heterocycles. The lowest BCUT2D eigenvalue weighted by Gasteiger charge is -2.12. The van der Waals surface area contributed by atoms with Crippen molar-refractivity contribution in [3.63, 3.8) is 0 Å². The number of esters is 1. The van der Waals surface area contributed by atoms with Crippen LogP contribution in [0.1, 0.15) is 11.1 Å². The van der Waals surface area contributed by atoms with Crippen LogP contribution in [0.2, 0.25) is 5.02 Å². The van der Waals surface area contributed by atoms with Crippen molar-refractivity contribution >= 4 is 27.7 Å². The number of halogens is 4. The molecule has 0 aliphatic heterocycles. The quantitative estimate of drug-likeness (QED) is 0.555. The van der Waals surface area contributed by atoms with Gasteiger partial charge in [0, 0.05) is 0 Å². The van der Waals surface area contributed by atoms with Crippen LogP contribution in [0.15, 0.2) is 47.4 Å². The number of benzene rings is 2. The Morgan fingerprint density at radius 3 is 2.27 bits per heavy atom. The molecule has 0 aromatic heterocycles. The molecule has 0 fully saturated rings. The number of rotatable bonds is 5. The van der Waals surface area contributed by atoms with Crippen molar-refractivity contribution in [3.8, 4) is 5.75 Å². The average Bonchev–Trinajstić information content (AvgIpc) is 2.55. The molecule has 0 aliphatic rings. The van der Waals surface area contributed by atoms with Gasteiger partial charge in [0.25, 0.3) is 0 Å². The zero-order valence-corrected chi connectivity index (χ0v) is 14.8. The smallest absolute Gasteiger partial charge is 0.416 e. The molecule has 0 bridgehead atoms. The van der Waals surface area contributed by atoms with E-state index in [0.717, 1.165) is 6.07 Å². The van der Waals surface area contributed by atoms with E-state index in [1.165, 1.54) is 31.4 Å². The Balaban J connectivity index is 2.27. The van der Waals surface area contributed by atoms with Crippen molar-refractivity contribution in [2.75, 3.05) is 7.11 Å². The average molecular weight is 409 g/mol. The Hall–Kier alpha value is -2.26. The van der Waals surface area contributed by atoms with Crippen LogP contribution in [0.25, 0.3) is 0 Å². The zero-order valence-electron chi connectivity index (χ0n) is 13.2. The Kier molecular flexibility index (Phi) is 5.82. The number of hydrogen-bond donors (Lipinski definition) is 0. The molecule has 0 saturated carbocycles. The molecular weight excluding hydrogens is 397 g/mol. The van der Waals surface area contributed by atoms with Crippen molar-refractivity contribution in [1.29, 1.82) is 0 Å². The van der Waals surface area contributed by atoms with Gasteiger partial charge in [-0.2, -0.15) is 21.6 Å². The van der Waals surface area contributed by atoms with E-state index in [-0.39, 0.29) is 12.2 Å². The molecule has 0 spiro atoms. The summed E-state index contributed by atoms with van der Waals surface area (Å²) in [6, 6.07) is 7.28. The highest BCUT2D eigenvalue weighted by molar-refractivity contribution is 7.87. The standard InChI is InChI=1S/C16H12ClF3O5S/c1-24-15(21)8-10-2-5-12(6-3-10)25-26(22,23)14-9-11(16(18,19)20)4-7-13(14)17/h2-7,9H,8H2,1H3. The highest BCUT2D eigenvalue weighted by Crippen LogP contribution is 2.34. The van der Waals surface area contributed by atoms with E-state index in [0.29, 0.717) is 17.7 Å². The van der Waals surface area contributed by atoms with E-state index in [4.69, 9.17) is 15.8 Å². The van der Waals surface area contributed by atoms with Crippen LogP contribution in [0.3, 0.4) is 0 Å². The molecule has 0 aliphatic carbocycles. The lowest BCUT2D eigenvalue weighted by molar-refractivity contribution is -0.140. The molecular formula is C16H12ClF3O5S. The molecule has 140 valence electrons. The third kappa shape index (κ3) is 4.89. The molecule has 0 radical (unpaired) electrons. The molecule has 0 amide bonds. The summed E-state index contributed by atoms with van der Waals surface area (Å²) < 4.78 is 72.2. The van der Waals surface area contributed by atoms with Gasteiger partial charge >= 0.3 is 22.3 Å². The third-order valence-electron chi connectivity index (χ3n) is 3.23. The monoisotopic (exact) mass is 408 g/mol. The minimum Gasteiger partial charge on any atom is -0.469 e. The molecule has 10 heteroatoms. The van der Waals surface area contributed by atoms with Crippen LogP contribution >= 0.6 is 11.6 Å². The number of carbonyl (C=O) groups excluding carboxylic acids is 1. The second-order valence-corrected chi connectivity index (χ2v) is 7.00. The topological polar surface area (TPSA) is 69.7 Å². The summed E-state index contributed by atoms with van der Waals surface area (Å²) in [4.78, 5) is 10.4. The first kappa shape index (κ1) is 20.1. The molecule has 2 aromatic rings. The van der Waals surface area contributed by atoms with Gasteiger partial charge in [0.1, 0.15) is 10.6 Å². The normalized spacial score (nSPS) is 11.9. The van der Waals surface area contributed by atoms with E-state index >= 15 is 0 Å². The summed E-state index contributed by atoms with van der Waals surface area (Å²) >= 11 is 5.72. The van der Waals surface area contributed by atoms with E-state index in [2.05, 4.69) is 4.74 Å². The number of hydrogen-bond acceptors (Lipinski definition) is 5. The fourth-order valence-corrected chi connectivity index (χ4v) is 3.38. The van der Waals surface area contributed by atoms with Crippen LogP contribution in [0, 0.1) is 0 Å². The first-order valence-corrected chi connectivity index (χ1v) is 8.78. The second kappa shape index (κ2) is 7.55. The Bertz CT molecular complexity index is 908. The predicted octanol–water partition coefficient (Wildman–Crippen LogP) is 3.84. The highest BCUT2D eigenvalue weighted by atomic mass is 35.5. The Labute approximate surface area is 152 Å². The van der Waals surface area contributed by atoms with Gasteiger partial charge in [-0.15, -0.1) is 0 Å². The van der Waals surface area contributed by atoms with E-state index < -0.39 is 37.7 Å². The van der Waals surface area contributed by atoms with Crippen molar-refractivity contribution in [3.05, 3.63) is 58.6 Å². The largest absolute Gasteiger partial charge is 0.469 e. The third-order valence-corrected chi connectivity index (χ3v) is 4.96. The maximum Gasteiger partial charge on any atom is 0.416 e. The van der Waals surface area contributed by atoms with Crippen molar-refractivity contribution in [2.45, 2.75) is 17.5 Å². The lowest BCUT2D eigenvalue weighted by atomic mass is 10.1. The predicted molar refractivity (Wildman–Crippen MR) is 86.4 cm³/mol. The molecule has 26 heavy (non-hydrogen) atoms. The van der Waals surface area contributed by atoms with Crippen LogP contribution < -0.4 is 4.18 Å². The Morgan fingerprint density at radius 2 is 1.73 bits per heavy atom. The molecule has 2 rings (SSSR count). The van der Waals surface area contributed by atoms with Crippen molar-refractivity contribution in [2.24, 2.45) is 0 Å². The van der Waals surface area contributed by atoms with Gasteiger partial charge in [-0.1, -0.05) is 23.7 Å². The fourth-order valence-electron chi connectivity index (χ4n) is 1.94. The van der Waals surface area contributed by atoms with E-state index in [1.807, 2.05) is 0 Å². The van der Waals surface area contributed by atoms with Gasteiger partial charge in [-0.05, 0) is 35.9 Å². The van der Waals surface area contributed by atoms with Gasteiger partial charge in [0.2, 0.25) is 0 Å². The van der Waals surface area contributed by atoms with Gasteiger partial charge < -0.3 is 8.92 Å². The first-order valence-electron chi connectivity index (χ1n) is 7.00. The maximum atomic E-state index is 12.8. The summed E-state index contributed by atoms with van der Waals surface area (Å²) in [6.07, 6.45) is -4.76. The van der Waals surface area contributed by atoms with Crippen LogP contribution in [0.4, 0.5) is 13.2 Å². The minimum atomic E-state index is -4.73. The van der Waals surface area contributed by atoms with Gasteiger partial charge in [0.05, 0.1) is 24.1 Å². The van der Waals surface area contributed by atoms with E-state index in [1.54, 1.807) is 0 Å². The van der Waals surface area contributed by atoms with Crippen LogP contribution in [0.5, 0.6) is 5.75 Å². The highest BCUT2D eigenvalue weighted by Gasteiger charge is 2.33. The summed E-state index contributed by atoms with van der Waals surface area (Å²) in [6.45, 7) is 0. The van der Waals surface area contributed by atoms with Crippen LogP contribution in [-0.2, 0) is 32.2 Å². The van der Waals surface area contributed by atoms with Crippen molar-refractivity contribution < 1.29 is 35.3 Å². The number of carbonyl (C=O) groups is 1.